The van der Waals surface area contributed by atoms with Crippen molar-refractivity contribution in [1.29, 1.82) is 0 Å². The predicted octanol–water partition coefficient (Wildman–Crippen LogP) is 3.95. The SMILES string of the molecule is CCCCOc1ccc(NC(=O)NCCn2ccnc2-c2ccccn2)cc1. The van der Waals surface area contributed by atoms with E-state index in [1.807, 2.05) is 53.2 Å². The molecular formula is C21H25N5O2. The second kappa shape index (κ2) is 10.1. The molecule has 146 valence electrons. The number of ether oxygens (including phenoxy) is 1. The van der Waals surface area contributed by atoms with Crippen LogP contribution in [0.2, 0.25) is 0 Å². The minimum absolute atomic E-state index is 0.251. The van der Waals surface area contributed by atoms with Gasteiger partial charge in [0.25, 0.3) is 0 Å². The average molecular weight is 379 g/mol. The molecule has 3 rings (SSSR count). The van der Waals surface area contributed by atoms with Crippen molar-refractivity contribution >= 4 is 11.7 Å². The molecule has 0 unspecified atom stereocenters. The minimum Gasteiger partial charge on any atom is -0.494 e. The van der Waals surface area contributed by atoms with E-state index in [2.05, 4.69) is 27.5 Å². The molecule has 3 aromatic rings. The van der Waals surface area contributed by atoms with Crippen LogP contribution in [0.4, 0.5) is 10.5 Å². The lowest BCUT2D eigenvalue weighted by atomic mass is 10.3. The van der Waals surface area contributed by atoms with Crippen LogP contribution in [-0.4, -0.2) is 33.7 Å². The fraction of sp³-hybridized carbons (Fsp3) is 0.286. The Labute approximate surface area is 164 Å². The van der Waals surface area contributed by atoms with Crippen molar-refractivity contribution in [3.63, 3.8) is 0 Å². The van der Waals surface area contributed by atoms with Gasteiger partial charge in [0.15, 0.2) is 5.82 Å². The van der Waals surface area contributed by atoms with E-state index in [-0.39, 0.29) is 6.03 Å². The number of hydrogen-bond donors (Lipinski definition) is 2. The molecular weight excluding hydrogens is 354 g/mol. The summed E-state index contributed by atoms with van der Waals surface area (Å²) in [4.78, 5) is 20.8. The van der Waals surface area contributed by atoms with E-state index in [9.17, 15) is 4.79 Å². The number of nitrogens with one attached hydrogen (secondary N) is 2. The Balaban J connectivity index is 1.45. The van der Waals surface area contributed by atoms with Gasteiger partial charge in [-0.3, -0.25) is 4.98 Å². The average Bonchev–Trinajstić information content (AvgIpc) is 3.19. The summed E-state index contributed by atoms with van der Waals surface area (Å²) in [6.45, 7) is 3.91. The molecule has 0 aliphatic rings. The van der Waals surface area contributed by atoms with Gasteiger partial charge in [0.2, 0.25) is 0 Å². The van der Waals surface area contributed by atoms with E-state index in [0.717, 1.165) is 35.8 Å². The summed E-state index contributed by atoms with van der Waals surface area (Å²) in [5.74, 6) is 1.59. The minimum atomic E-state index is -0.251. The third-order valence-corrected chi connectivity index (χ3v) is 4.13. The third-order valence-electron chi connectivity index (χ3n) is 4.13. The van der Waals surface area contributed by atoms with E-state index in [4.69, 9.17) is 4.74 Å². The fourth-order valence-electron chi connectivity index (χ4n) is 2.65. The third kappa shape index (κ3) is 5.57. The second-order valence-electron chi connectivity index (χ2n) is 6.27. The van der Waals surface area contributed by atoms with Gasteiger partial charge in [0.05, 0.1) is 6.61 Å². The number of amides is 2. The zero-order valence-electron chi connectivity index (χ0n) is 16.0. The largest absolute Gasteiger partial charge is 0.494 e. The smallest absolute Gasteiger partial charge is 0.319 e. The van der Waals surface area contributed by atoms with Crippen LogP contribution in [0.15, 0.2) is 61.1 Å². The van der Waals surface area contributed by atoms with Crippen LogP contribution in [0.1, 0.15) is 19.8 Å². The van der Waals surface area contributed by atoms with Crippen molar-refractivity contribution in [2.24, 2.45) is 0 Å². The summed E-state index contributed by atoms with van der Waals surface area (Å²) in [5.41, 5.74) is 1.52. The van der Waals surface area contributed by atoms with Crippen LogP contribution in [0.5, 0.6) is 5.75 Å². The number of aromatic nitrogens is 3. The highest BCUT2D eigenvalue weighted by Gasteiger charge is 2.07. The lowest BCUT2D eigenvalue weighted by Crippen LogP contribution is -2.31. The van der Waals surface area contributed by atoms with Gasteiger partial charge in [-0.1, -0.05) is 19.4 Å². The van der Waals surface area contributed by atoms with E-state index in [1.54, 1.807) is 12.4 Å². The van der Waals surface area contributed by atoms with Crippen LogP contribution < -0.4 is 15.4 Å². The van der Waals surface area contributed by atoms with Crippen molar-refractivity contribution < 1.29 is 9.53 Å². The number of benzene rings is 1. The Morgan fingerprint density at radius 3 is 2.71 bits per heavy atom. The van der Waals surface area contributed by atoms with Gasteiger partial charge < -0.3 is 19.9 Å². The quantitative estimate of drug-likeness (QED) is 0.552. The summed E-state index contributed by atoms with van der Waals surface area (Å²) in [6, 6.07) is 12.8. The normalized spacial score (nSPS) is 10.5. The first-order valence-corrected chi connectivity index (χ1v) is 9.46. The molecule has 2 aromatic heterocycles. The topological polar surface area (TPSA) is 81.1 Å². The van der Waals surface area contributed by atoms with E-state index in [0.29, 0.717) is 19.7 Å². The monoisotopic (exact) mass is 379 g/mol. The zero-order valence-corrected chi connectivity index (χ0v) is 16.0. The van der Waals surface area contributed by atoms with Gasteiger partial charge in [-0.2, -0.15) is 0 Å². The number of hydrogen-bond acceptors (Lipinski definition) is 4. The molecule has 0 radical (unpaired) electrons. The fourth-order valence-corrected chi connectivity index (χ4v) is 2.65. The lowest BCUT2D eigenvalue weighted by Gasteiger charge is -2.11. The van der Waals surface area contributed by atoms with Crippen LogP contribution in [0.3, 0.4) is 0 Å². The van der Waals surface area contributed by atoms with Crippen molar-refractivity contribution in [1.82, 2.24) is 19.9 Å². The maximum Gasteiger partial charge on any atom is 0.319 e. The molecule has 7 heteroatoms. The van der Waals surface area contributed by atoms with Crippen molar-refractivity contribution in [3.8, 4) is 17.3 Å². The Hall–Kier alpha value is -3.35. The number of nitrogens with zero attached hydrogens (tertiary/aromatic N) is 3. The van der Waals surface area contributed by atoms with Crippen LogP contribution in [0, 0.1) is 0 Å². The molecule has 2 heterocycles. The summed E-state index contributed by atoms with van der Waals surface area (Å²) in [7, 11) is 0. The van der Waals surface area contributed by atoms with Crippen molar-refractivity contribution in [2.75, 3.05) is 18.5 Å². The van der Waals surface area contributed by atoms with Gasteiger partial charge in [0, 0.05) is 37.4 Å². The number of rotatable bonds is 9. The molecule has 0 bridgehead atoms. The van der Waals surface area contributed by atoms with Crippen LogP contribution in [-0.2, 0) is 6.54 Å². The molecule has 0 aliphatic heterocycles. The number of anilines is 1. The molecule has 0 fully saturated rings. The van der Waals surface area contributed by atoms with Gasteiger partial charge in [-0.15, -0.1) is 0 Å². The first kappa shape index (κ1) is 19.4. The highest BCUT2D eigenvalue weighted by Crippen LogP contribution is 2.16. The molecule has 7 nitrogen and oxygen atoms in total. The van der Waals surface area contributed by atoms with E-state index in [1.165, 1.54) is 0 Å². The Kier molecular flexibility index (Phi) is 7.01. The van der Waals surface area contributed by atoms with E-state index < -0.39 is 0 Å². The first-order valence-electron chi connectivity index (χ1n) is 9.46. The number of carbonyl (C=O) groups is 1. The first-order chi connectivity index (χ1) is 13.8. The van der Waals surface area contributed by atoms with Gasteiger partial charge >= 0.3 is 6.03 Å². The standard InChI is InChI=1S/C21H25N5O2/c1-2-3-16-28-18-9-7-17(8-10-18)25-21(27)24-13-15-26-14-12-23-20(26)19-6-4-5-11-22-19/h4-12,14H,2-3,13,15-16H2,1H3,(H2,24,25,27). The van der Waals surface area contributed by atoms with E-state index >= 15 is 0 Å². The molecule has 1 aromatic carbocycles. The van der Waals surface area contributed by atoms with Gasteiger partial charge in [0.1, 0.15) is 11.4 Å². The van der Waals surface area contributed by atoms with Crippen molar-refractivity contribution in [2.45, 2.75) is 26.3 Å². The molecule has 0 saturated heterocycles. The predicted molar refractivity (Wildman–Crippen MR) is 109 cm³/mol. The maximum atomic E-state index is 12.1. The van der Waals surface area contributed by atoms with Crippen LogP contribution >= 0.6 is 0 Å². The Bertz CT molecular complexity index is 862. The maximum absolute atomic E-state index is 12.1. The van der Waals surface area contributed by atoms with Gasteiger partial charge in [-0.05, 0) is 42.8 Å². The van der Waals surface area contributed by atoms with Gasteiger partial charge in [-0.25, -0.2) is 9.78 Å². The zero-order chi connectivity index (χ0) is 19.6. The summed E-state index contributed by atoms with van der Waals surface area (Å²) in [5, 5.41) is 5.67. The molecule has 0 saturated carbocycles. The number of imidazole rings is 1. The van der Waals surface area contributed by atoms with Crippen LogP contribution in [0.25, 0.3) is 11.5 Å². The number of pyridine rings is 1. The highest BCUT2D eigenvalue weighted by molar-refractivity contribution is 5.89. The molecule has 0 atom stereocenters. The Morgan fingerprint density at radius 1 is 1.11 bits per heavy atom. The highest BCUT2D eigenvalue weighted by atomic mass is 16.5. The number of unbranched alkanes of at least 4 members (excludes halogenated alkanes) is 1. The second-order valence-corrected chi connectivity index (χ2v) is 6.27. The molecule has 2 N–H and O–H groups in total. The molecule has 28 heavy (non-hydrogen) atoms. The number of urea groups is 1. The molecule has 2 amide bonds. The Morgan fingerprint density at radius 2 is 1.96 bits per heavy atom. The van der Waals surface area contributed by atoms with Crippen molar-refractivity contribution in [3.05, 3.63) is 61.1 Å². The lowest BCUT2D eigenvalue weighted by molar-refractivity contribution is 0.251. The summed E-state index contributed by atoms with van der Waals surface area (Å²) < 4.78 is 7.58. The molecule has 0 spiro atoms. The molecule has 0 aliphatic carbocycles. The summed E-state index contributed by atoms with van der Waals surface area (Å²) >= 11 is 0. The summed E-state index contributed by atoms with van der Waals surface area (Å²) in [6.07, 6.45) is 7.47. The number of carbonyl (C=O) groups excluding carboxylic acids is 1.